The summed E-state index contributed by atoms with van der Waals surface area (Å²) in [5.41, 5.74) is -0.619. The van der Waals surface area contributed by atoms with E-state index in [0.717, 1.165) is 0 Å². The van der Waals surface area contributed by atoms with Gasteiger partial charge < -0.3 is 14.6 Å². The predicted molar refractivity (Wildman–Crippen MR) is 74.5 cm³/mol. The second-order valence-electron chi connectivity index (χ2n) is 6.28. The van der Waals surface area contributed by atoms with Gasteiger partial charge in [-0.1, -0.05) is 0 Å². The highest BCUT2D eigenvalue weighted by Crippen LogP contribution is 2.47. The molecule has 0 amide bonds. The van der Waals surface area contributed by atoms with Gasteiger partial charge in [-0.3, -0.25) is 9.59 Å². The van der Waals surface area contributed by atoms with E-state index in [2.05, 4.69) is 0 Å². The third kappa shape index (κ3) is 3.00. The van der Waals surface area contributed by atoms with Crippen LogP contribution in [0.2, 0.25) is 0 Å². The number of aliphatic hydroxyl groups excluding tert-OH is 1. The van der Waals surface area contributed by atoms with E-state index < -0.39 is 17.5 Å². The minimum Gasteiger partial charge on any atom is -0.393 e. The second-order valence-corrected chi connectivity index (χ2v) is 6.28. The summed E-state index contributed by atoms with van der Waals surface area (Å²) in [5.74, 6) is -0.864. The molecule has 5 nitrogen and oxygen atoms in total. The molecule has 5 heteroatoms. The normalized spacial score (nSPS) is 37.5. The molecule has 3 rings (SSSR count). The minimum absolute atomic E-state index is 0.0417. The molecule has 21 heavy (non-hydrogen) atoms. The standard InChI is InChI=1S/C16H20O5/c1-11(17)8-14-9-13(19)10-16(20-14)7-6-15(21-16)4-2-12(18)3-5-15/h2-5,13-14,19H,6-10H2,1H3/t13-,14-,16-/m1/s1. The van der Waals surface area contributed by atoms with Crippen molar-refractivity contribution in [3.05, 3.63) is 24.3 Å². The largest absolute Gasteiger partial charge is 0.393 e. The fraction of sp³-hybridized carbons (Fsp3) is 0.625. The fourth-order valence-corrected chi connectivity index (χ4v) is 3.44. The smallest absolute Gasteiger partial charge is 0.178 e. The third-order valence-corrected chi connectivity index (χ3v) is 4.31. The number of Topliss-reactive ketones (excluding diaryl/α,β-unsaturated/α-hetero) is 1. The first-order chi connectivity index (χ1) is 9.90. The van der Waals surface area contributed by atoms with Crippen molar-refractivity contribution in [3.63, 3.8) is 0 Å². The molecule has 0 aromatic carbocycles. The van der Waals surface area contributed by atoms with Gasteiger partial charge in [0.15, 0.2) is 11.6 Å². The van der Waals surface area contributed by atoms with Crippen LogP contribution in [0.3, 0.4) is 0 Å². The molecule has 0 bridgehead atoms. The number of allylic oxidation sites excluding steroid dienone is 2. The average Bonchev–Trinajstić information content (AvgIpc) is 2.70. The van der Waals surface area contributed by atoms with Crippen molar-refractivity contribution in [1.82, 2.24) is 0 Å². The zero-order valence-corrected chi connectivity index (χ0v) is 12.1. The molecule has 2 fully saturated rings. The Bertz CT molecular complexity index is 505. The van der Waals surface area contributed by atoms with Gasteiger partial charge in [-0.25, -0.2) is 0 Å². The number of hydrogen-bond acceptors (Lipinski definition) is 5. The maximum absolute atomic E-state index is 11.3. The Labute approximate surface area is 123 Å². The van der Waals surface area contributed by atoms with E-state index in [1.807, 2.05) is 0 Å². The third-order valence-electron chi connectivity index (χ3n) is 4.31. The quantitative estimate of drug-likeness (QED) is 0.834. The molecule has 1 aliphatic carbocycles. The van der Waals surface area contributed by atoms with E-state index in [0.29, 0.717) is 32.1 Å². The number of ketones is 2. The Morgan fingerprint density at radius 3 is 2.76 bits per heavy atom. The van der Waals surface area contributed by atoms with Crippen LogP contribution >= 0.6 is 0 Å². The summed E-state index contributed by atoms with van der Waals surface area (Å²) in [4.78, 5) is 22.5. The summed E-state index contributed by atoms with van der Waals surface area (Å²) < 4.78 is 12.1. The van der Waals surface area contributed by atoms with E-state index in [1.165, 1.54) is 19.1 Å². The molecule has 0 aromatic heterocycles. The number of carbonyl (C=O) groups excluding carboxylic acids is 2. The molecule has 2 saturated heterocycles. The monoisotopic (exact) mass is 292 g/mol. The lowest BCUT2D eigenvalue weighted by molar-refractivity contribution is -0.290. The minimum atomic E-state index is -0.854. The molecule has 2 heterocycles. The van der Waals surface area contributed by atoms with Crippen LogP contribution in [-0.4, -0.2) is 40.3 Å². The zero-order valence-electron chi connectivity index (χ0n) is 12.1. The Hall–Kier alpha value is -1.30. The van der Waals surface area contributed by atoms with Crippen molar-refractivity contribution in [1.29, 1.82) is 0 Å². The lowest BCUT2D eigenvalue weighted by Gasteiger charge is -2.41. The number of rotatable bonds is 2. The average molecular weight is 292 g/mol. The lowest BCUT2D eigenvalue weighted by Crippen LogP contribution is -2.48. The Balaban J connectivity index is 1.76. The maximum Gasteiger partial charge on any atom is 0.178 e. The SMILES string of the molecule is CC(=O)C[C@@H]1C[C@@H](O)C[C@]2(CCC3(C=CC(=O)C=C3)O2)O1. The highest BCUT2D eigenvalue weighted by atomic mass is 16.7. The summed E-state index contributed by atoms with van der Waals surface area (Å²) in [6.07, 6.45) is 8.18. The second kappa shape index (κ2) is 5.16. The first-order valence-corrected chi connectivity index (χ1v) is 7.38. The van der Waals surface area contributed by atoms with Crippen LogP contribution in [-0.2, 0) is 19.1 Å². The van der Waals surface area contributed by atoms with Crippen molar-refractivity contribution in [3.8, 4) is 0 Å². The van der Waals surface area contributed by atoms with Crippen molar-refractivity contribution in [2.45, 2.75) is 62.6 Å². The molecule has 0 radical (unpaired) electrons. The van der Waals surface area contributed by atoms with E-state index in [1.54, 1.807) is 12.2 Å². The van der Waals surface area contributed by atoms with Crippen LogP contribution in [0.1, 0.15) is 39.0 Å². The van der Waals surface area contributed by atoms with E-state index >= 15 is 0 Å². The van der Waals surface area contributed by atoms with Crippen LogP contribution in [0.15, 0.2) is 24.3 Å². The van der Waals surface area contributed by atoms with Crippen molar-refractivity contribution >= 4 is 11.6 Å². The lowest BCUT2D eigenvalue weighted by atomic mass is 9.91. The first kappa shape index (κ1) is 14.6. The van der Waals surface area contributed by atoms with Crippen molar-refractivity contribution in [2.24, 2.45) is 0 Å². The van der Waals surface area contributed by atoms with Gasteiger partial charge in [-0.2, -0.15) is 0 Å². The van der Waals surface area contributed by atoms with Crippen molar-refractivity contribution < 1.29 is 24.2 Å². The van der Waals surface area contributed by atoms with Gasteiger partial charge in [0, 0.05) is 25.7 Å². The van der Waals surface area contributed by atoms with Crippen molar-refractivity contribution in [2.75, 3.05) is 0 Å². The van der Waals surface area contributed by atoms with Gasteiger partial charge in [-0.05, 0) is 37.6 Å². The maximum atomic E-state index is 11.3. The molecule has 114 valence electrons. The Kier molecular flexibility index (Phi) is 3.59. The first-order valence-electron chi connectivity index (χ1n) is 7.38. The molecule has 3 aliphatic rings. The molecule has 0 saturated carbocycles. The molecule has 1 N–H and O–H groups in total. The molecule has 0 unspecified atom stereocenters. The summed E-state index contributed by atoms with van der Waals surface area (Å²) in [6, 6.07) is 0. The van der Waals surface area contributed by atoms with Gasteiger partial charge in [0.2, 0.25) is 0 Å². The molecular formula is C16H20O5. The number of carbonyl (C=O) groups is 2. The Morgan fingerprint density at radius 2 is 2.10 bits per heavy atom. The Morgan fingerprint density at radius 1 is 1.38 bits per heavy atom. The summed E-state index contributed by atoms with van der Waals surface area (Å²) in [6.45, 7) is 1.52. The number of aliphatic hydroxyl groups is 1. The highest BCUT2D eigenvalue weighted by molar-refractivity contribution is 6.00. The van der Waals surface area contributed by atoms with Crippen LogP contribution in [0.25, 0.3) is 0 Å². The van der Waals surface area contributed by atoms with Crippen LogP contribution < -0.4 is 0 Å². The van der Waals surface area contributed by atoms with E-state index in [-0.39, 0.29) is 17.7 Å². The molecular weight excluding hydrogens is 272 g/mol. The van der Waals surface area contributed by atoms with Gasteiger partial charge >= 0.3 is 0 Å². The number of ether oxygens (including phenoxy) is 2. The zero-order chi connectivity index (χ0) is 15.1. The molecule has 0 aromatic rings. The van der Waals surface area contributed by atoms with Gasteiger partial charge in [-0.15, -0.1) is 0 Å². The fourth-order valence-electron chi connectivity index (χ4n) is 3.44. The van der Waals surface area contributed by atoms with E-state index in [4.69, 9.17) is 9.47 Å². The number of hydrogen-bond donors (Lipinski definition) is 1. The summed E-state index contributed by atoms with van der Waals surface area (Å²) in [5, 5.41) is 10.1. The molecule has 2 spiro atoms. The molecule has 2 aliphatic heterocycles. The summed E-state index contributed by atoms with van der Waals surface area (Å²) in [7, 11) is 0. The highest BCUT2D eigenvalue weighted by Gasteiger charge is 2.52. The van der Waals surface area contributed by atoms with Gasteiger partial charge in [0.05, 0.1) is 12.2 Å². The van der Waals surface area contributed by atoms with Gasteiger partial charge in [0.1, 0.15) is 11.4 Å². The summed E-state index contributed by atoms with van der Waals surface area (Å²) >= 11 is 0. The van der Waals surface area contributed by atoms with Crippen LogP contribution in [0.4, 0.5) is 0 Å². The van der Waals surface area contributed by atoms with Crippen LogP contribution in [0, 0.1) is 0 Å². The van der Waals surface area contributed by atoms with Gasteiger partial charge in [0.25, 0.3) is 0 Å². The predicted octanol–water partition coefficient (Wildman–Crippen LogP) is 1.45. The van der Waals surface area contributed by atoms with Crippen LogP contribution in [0.5, 0.6) is 0 Å². The topological polar surface area (TPSA) is 72.8 Å². The van der Waals surface area contributed by atoms with E-state index in [9.17, 15) is 14.7 Å². The molecule has 3 atom stereocenters.